The van der Waals surface area contributed by atoms with E-state index in [4.69, 9.17) is 0 Å². The molecule has 4 heteroatoms. The van der Waals surface area contributed by atoms with Crippen LogP contribution in [0.15, 0.2) is 28.7 Å². The number of rotatable bonds is 5. The zero-order valence-corrected chi connectivity index (χ0v) is 12.1. The molecule has 0 fully saturated rings. The van der Waals surface area contributed by atoms with Crippen molar-refractivity contribution in [3.63, 3.8) is 0 Å². The van der Waals surface area contributed by atoms with Crippen molar-refractivity contribution in [2.24, 2.45) is 0 Å². The molecular weight excluding hydrogens is 280 g/mol. The molecule has 0 aliphatic rings. The second kappa shape index (κ2) is 6.17. The van der Waals surface area contributed by atoms with Gasteiger partial charge < -0.3 is 10.6 Å². The van der Waals surface area contributed by atoms with Crippen LogP contribution in [-0.2, 0) is 10.2 Å². The number of likely N-dealkylation sites (N-methyl/N-ethyl adjacent to an activating group) is 1. The molecule has 0 spiro atoms. The fourth-order valence-electron chi connectivity index (χ4n) is 1.55. The van der Waals surface area contributed by atoms with Gasteiger partial charge in [-0.15, -0.1) is 0 Å². The normalized spacial score (nSPS) is 11.3. The summed E-state index contributed by atoms with van der Waals surface area (Å²) in [6.45, 7) is 5.22. The van der Waals surface area contributed by atoms with E-state index in [-0.39, 0.29) is 11.3 Å². The second-order valence-corrected chi connectivity index (χ2v) is 5.62. The molecule has 0 unspecified atom stereocenters. The zero-order chi connectivity index (χ0) is 12.9. The standard InChI is InChI=1S/C13H19BrN2O/c1-13(2,9-16-12(17)8-15-3)10-5-4-6-11(14)7-10/h4-7,15H,8-9H2,1-3H3,(H,16,17). The Hall–Kier alpha value is -0.870. The number of carbonyl (C=O) groups excluding carboxylic acids is 1. The Kier molecular flexibility index (Phi) is 5.15. The third-order valence-electron chi connectivity index (χ3n) is 2.67. The lowest BCUT2D eigenvalue weighted by molar-refractivity contribution is -0.120. The van der Waals surface area contributed by atoms with Crippen molar-refractivity contribution >= 4 is 21.8 Å². The molecule has 0 aliphatic carbocycles. The van der Waals surface area contributed by atoms with Crippen molar-refractivity contribution in [1.82, 2.24) is 10.6 Å². The maximum absolute atomic E-state index is 11.4. The topological polar surface area (TPSA) is 41.1 Å². The molecule has 1 aromatic carbocycles. The van der Waals surface area contributed by atoms with Crippen LogP contribution in [0.3, 0.4) is 0 Å². The Morgan fingerprint density at radius 2 is 2.12 bits per heavy atom. The van der Waals surface area contributed by atoms with Crippen molar-refractivity contribution in [1.29, 1.82) is 0 Å². The number of hydrogen-bond donors (Lipinski definition) is 2. The molecule has 0 atom stereocenters. The van der Waals surface area contributed by atoms with Gasteiger partial charge in [0, 0.05) is 16.4 Å². The van der Waals surface area contributed by atoms with Gasteiger partial charge in [0.1, 0.15) is 0 Å². The maximum Gasteiger partial charge on any atom is 0.233 e. The van der Waals surface area contributed by atoms with Crippen molar-refractivity contribution in [3.8, 4) is 0 Å². The minimum Gasteiger partial charge on any atom is -0.354 e. The van der Waals surface area contributed by atoms with Crippen LogP contribution < -0.4 is 10.6 Å². The van der Waals surface area contributed by atoms with Crippen LogP contribution >= 0.6 is 15.9 Å². The molecular formula is C13H19BrN2O. The number of halogens is 1. The van der Waals surface area contributed by atoms with Crippen LogP contribution in [0.25, 0.3) is 0 Å². The lowest BCUT2D eigenvalue weighted by Crippen LogP contribution is -2.40. The van der Waals surface area contributed by atoms with Gasteiger partial charge in [0.15, 0.2) is 0 Å². The molecule has 2 N–H and O–H groups in total. The van der Waals surface area contributed by atoms with E-state index in [9.17, 15) is 4.79 Å². The first kappa shape index (κ1) is 14.2. The van der Waals surface area contributed by atoms with E-state index in [1.165, 1.54) is 5.56 Å². The van der Waals surface area contributed by atoms with Gasteiger partial charge in [0.25, 0.3) is 0 Å². The van der Waals surface area contributed by atoms with Gasteiger partial charge in [0.2, 0.25) is 5.91 Å². The average Bonchev–Trinajstić information content (AvgIpc) is 2.27. The predicted octanol–water partition coefficient (Wildman–Crippen LogP) is 2.06. The fourth-order valence-corrected chi connectivity index (χ4v) is 1.95. The average molecular weight is 299 g/mol. The number of benzene rings is 1. The first-order valence-corrected chi connectivity index (χ1v) is 6.42. The Morgan fingerprint density at radius 1 is 1.41 bits per heavy atom. The van der Waals surface area contributed by atoms with Crippen LogP contribution in [0.2, 0.25) is 0 Å². The van der Waals surface area contributed by atoms with Gasteiger partial charge in [-0.1, -0.05) is 41.9 Å². The van der Waals surface area contributed by atoms with Gasteiger partial charge in [-0.2, -0.15) is 0 Å². The molecule has 1 aromatic rings. The highest BCUT2D eigenvalue weighted by Gasteiger charge is 2.21. The molecule has 1 rings (SSSR count). The van der Waals surface area contributed by atoms with Gasteiger partial charge in [-0.05, 0) is 24.7 Å². The lowest BCUT2D eigenvalue weighted by atomic mass is 9.84. The highest BCUT2D eigenvalue weighted by atomic mass is 79.9. The Labute approximate surface area is 111 Å². The number of nitrogens with one attached hydrogen (secondary N) is 2. The molecule has 0 bridgehead atoms. The van der Waals surface area contributed by atoms with E-state index in [1.807, 2.05) is 12.1 Å². The number of carbonyl (C=O) groups is 1. The first-order valence-electron chi connectivity index (χ1n) is 5.63. The van der Waals surface area contributed by atoms with Crippen LogP contribution in [0, 0.1) is 0 Å². The summed E-state index contributed by atoms with van der Waals surface area (Å²) >= 11 is 3.46. The molecule has 0 aromatic heterocycles. The first-order chi connectivity index (χ1) is 7.95. The molecule has 0 saturated carbocycles. The molecule has 0 saturated heterocycles. The number of amides is 1. The fraction of sp³-hybridized carbons (Fsp3) is 0.462. The highest BCUT2D eigenvalue weighted by molar-refractivity contribution is 9.10. The van der Waals surface area contributed by atoms with Gasteiger partial charge in [-0.25, -0.2) is 0 Å². The monoisotopic (exact) mass is 298 g/mol. The summed E-state index contributed by atoms with van der Waals surface area (Å²) in [5.74, 6) is 0.0237. The van der Waals surface area contributed by atoms with E-state index < -0.39 is 0 Å². The van der Waals surface area contributed by atoms with Gasteiger partial charge in [-0.3, -0.25) is 4.79 Å². The van der Waals surface area contributed by atoms with Crippen LogP contribution in [0.1, 0.15) is 19.4 Å². The van der Waals surface area contributed by atoms with E-state index in [0.717, 1.165) is 4.47 Å². The van der Waals surface area contributed by atoms with Crippen LogP contribution in [0.4, 0.5) is 0 Å². The van der Waals surface area contributed by atoms with E-state index in [2.05, 4.69) is 52.5 Å². The third-order valence-corrected chi connectivity index (χ3v) is 3.16. The Bertz CT molecular complexity index is 391. The van der Waals surface area contributed by atoms with E-state index in [0.29, 0.717) is 13.1 Å². The van der Waals surface area contributed by atoms with Crippen LogP contribution in [0.5, 0.6) is 0 Å². The molecule has 1 amide bonds. The Morgan fingerprint density at radius 3 is 2.71 bits per heavy atom. The lowest BCUT2D eigenvalue weighted by Gasteiger charge is -2.26. The second-order valence-electron chi connectivity index (χ2n) is 4.70. The highest BCUT2D eigenvalue weighted by Crippen LogP contribution is 2.24. The SMILES string of the molecule is CNCC(=O)NCC(C)(C)c1cccc(Br)c1. The number of hydrogen-bond acceptors (Lipinski definition) is 2. The largest absolute Gasteiger partial charge is 0.354 e. The third kappa shape index (κ3) is 4.48. The van der Waals surface area contributed by atoms with Crippen molar-refractivity contribution < 1.29 is 4.79 Å². The summed E-state index contributed by atoms with van der Waals surface area (Å²) in [7, 11) is 1.76. The quantitative estimate of drug-likeness (QED) is 0.874. The maximum atomic E-state index is 11.4. The summed E-state index contributed by atoms with van der Waals surface area (Å²) in [5, 5.41) is 5.76. The Balaban J connectivity index is 2.65. The summed E-state index contributed by atoms with van der Waals surface area (Å²) in [6.07, 6.45) is 0. The predicted molar refractivity (Wildman–Crippen MR) is 74.1 cm³/mol. The summed E-state index contributed by atoms with van der Waals surface area (Å²) in [6, 6.07) is 8.18. The molecule has 3 nitrogen and oxygen atoms in total. The zero-order valence-electron chi connectivity index (χ0n) is 10.5. The molecule has 17 heavy (non-hydrogen) atoms. The van der Waals surface area contributed by atoms with Crippen LogP contribution in [-0.4, -0.2) is 26.0 Å². The minimum absolute atomic E-state index is 0.0237. The molecule has 0 radical (unpaired) electrons. The molecule has 0 aliphatic heterocycles. The van der Waals surface area contributed by atoms with Crippen molar-refractivity contribution in [2.45, 2.75) is 19.3 Å². The summed E-state index contributed by atoms with van der Waals surface area (Å²) in [4.78, 5) is 11.4. The van der Waals surface area contributed by atoms with E-state index in [1.54, 1.807) is 7.05 Å². The summed E-state index contributed by atoms with van der Waals surface area (Å²) in [5.41, 5.74) is 1.13. The van der Waals surface area contributed by atoms with E-state index >= 15 is 0 Å². The van der Waals surface area contributed by atoms with Gasteiger partial charge >= 0.3 is 0 Å². The smallest absolute Gasteiger partial charge is 0.233 e. The van der Waals surface area contributed by atoms with Crippen molar-refractivity contribution in [2.75, 3.05) is 20.1 Å². The van der Waals surface area contributed by atoms with Gasteiger partial charge in [0.05, 0.1) is 6.54 Å². The summed E-state index contributed by atoms with van der Waals surface area (Å²) < 4.78 is 1.06. The molecule has 94 valence electrons. The molecule has 0 heterocycles. The van der Waals surface area contributed by atoms with Crippen molar-refractivity contribution in [3.05, 3.63) is 34.3 Å². The minimum atomic E-state index is -0.0762.